The van der Waals surface area contributed by atoms with E-state index in [0.29, 0.717) is 24.5 Å². The summed E-state index contributed by atoms with van der Waals surface area (Å²) in [7, 11) is 0. The van der Waals surface area contributed by atoms with Crippen molar-refractivity contribution in [3.63, 3.8) is 0 Å². The van der Waals surface area contributed by atoms with Crippen LogP contribution in [0.4, 0.5) is 5.69 Å². The van der Waals surface area contributed by atoms with Gasteiger partial charge in [0.25, 0.3) is 5.91 Å². The lowest BCUT2D eigenvalue weighted by Crippen LogP contribution is -2.65. The Morgan fingerprint density at radius 3 is 2.56 bits per heavy atom. The number of carbonyl (C=O) groups is 2. The van der Waals surface area contributed by atoms with Crippen LogP contribution < -0.4 is 15.0 Å². The third kappa shape index (κ3) is 3.34. The molecule has 6 nitrogen and oxygen atoms in total. The Hall–Kier alpha value is -3.28. The Labute approximate surface area is 188 Å². The molecule has 1 N–H and O–H groups in total. The van der Waals surface area contributed by atoms with Gasteiger partial charge in [0.05, 0.1) is 13.2 Å². The van der Waals surface area contributed by atoms with Crippen molar-refractivity contribution in [1.29, 1.82) is 0 Å². The van der Waals surface area contributed by atoms with Crippen molar-refractivity contribution in [3.8, 4) is 5.75 Å². The average Bonchev–Trinajstić information content (AvgIpc) is 3.43. The normalized spacial score (nSPS) is 21.1. The molecule has 1 unspecified atom stereocenters. The van der Waals surface area contributed by atoms with Crippen LogP contribution in [-0.2, 0) is 11.3 Å². The molecule has 3 aromatic rings. The van der Waals surface area contributed by atoms with E-state index >= 15 is 0 Å². The van der Waals surface area contributed by atoms with Gasteiger partial charge >= 0.3 is 0 Å². The Balaban J connectivity index is 1.60. The number of nitrogens with one attached hydrogen (secondary N) is 1. The lowest BCUT2D eigenvalue weighted by molar-refractivity contribution is -0.127. The summed E-state index contributed by atoms with van der Waals surface area (Å²) in [5.41, 5.74) is 1.22. The van der Waals surface area contributed by atoms with Crippen LogP contribution in [0.2, 0.25) is 0 Å². The van der Waals surface area contributed by atoms with Crippen LogP contribution in [0.1, 0.15) is 50.0 Å². The fourth-order valence-electron chi connectivity index (χ4n) is 5.12. The van der Waals surface area contributed by atoms with Crippen LogP contribution in [0.15, 0.2) is 54.6 Å². The van der Waals surface area contributed by atoms with Gasteiger partial charge in [0.2, 0.25) is 5.91 Å². The van der Waals surface area contributed by atoms with Crippen molar-refractivity contribution in [2.45, 2.75) is 57.7 Å². The summed E-state index contributed by atoms with van der Waals surface area (Å²) >= 11 is 0. The molecule has 0 saturated heterocycles. The van der Waals surface area contributed by atoms with Crippen LogP contribution in [0.25, 0.3) is 10.9 Å². The van der Waals surface area contributed by atoms with Crippen molar-refractivity contribution >= 4 is 28.4 Å². The number of rotatable bonds is 5. The summed E-state index contributed by atoms with van der Waals surface area (Å²) in [4.78, 5) is 29.2. The maximum absolute atomic E-state index is 13.8. The molecule has 1 atom stereocenters. The number of amides is 2. The predicted octanol–water partition coefficient (Wildman–Crippen LogP) is 4.52. The van der Waals surface area contributed by atoms with Gasteiger partial charge < -0.3 is 14.6 Å². The number of anilines is 1. The molecule has 2 heterocycles. The number of nitrogens with zero attached hydrogens (tertiary/aromatic N) is 2. The number of hydrogen-bond donors (Lipinski definition) is 1. The smallest absolute Gasteiger partial charge is 0.275 e. The zero-order valence-electron chi connectivity index (χ0n) is 18.6. The minimum Gasteiger partial charge on any atom is -0.494 e. The zero-order chi connectivity index (χ0) is 22.3. The van der Waals surface area contributed by atoms with E-state index in [-0.39, 0.29) is 17.9 Å². The Morgan fingerprint density at radius 2 is 1.84 bits per heavy atom. The van der Waals surface area contributed by atoms with Gasteiger partial charge in [-0.25, -0.2) is 0 Å². The first kappa shape index (κ1) is 20.6. The lowest BCUT2D eigenvalue weighted by atomic mass is 9.93. The molecule has 0 radical (unpaired) electrons. The minimum atomic E-state index is -1.05. The summed E-state index contributed by atoms with van der Waals surface area (Å²) in [6, 6.07) is 17.5. The molecule has 2 aromatic carbocycles. The van der Waals surface area contributed by atoms with Gasteiger partial charge in [0.15, 0.2) is 0 Å². The van der Waals surface area contributed by atoms with E-state index in [0.717, 1.165) is 42.3 Å². The molecule has 5 rings (SSSR count). The molecule has 166 valence electrons. The fourth-order valence-corrected chi connectivity index (χ4v) is 5.12. The zero-order valence-corrected chi connectivity index (χ0v) is 18.6. The number of aromatic nitrogens is 1. The molecule has 2 amide bonds. The number of carbonyl (C=O) groups excluding carboxylic acids is 2. The Bertz CT molecular complexity index is 1160. The number of ether oxygens (including phenoxy) is 1. The summed E-state index contributed by atoms with van der Waals surface area (Å²) < 4.78 is 7.57. The maximum Gasteiger partial charge on any atom is 0.275 e. The van der Waals surface area contributed by atoms with E-state index in [1.165, 1.54) is 0 Å². The van der Waals surface area contributed by atoms with Crippen molar-refractivity contribution in [2.24, 2.45) is 0 Å². The van der Waals surface area contributed by atoms with E-state index in [4.69, 9.17) is 4.74 Å². The molecule has 6 heteroatoms. The molecule has 1 aromatic heterocycles. The van der Waals surface area contributed by atoms with Gasteiger partial charge in [0.1, 0.15) is 17.0 Å². The van der Waals surface area contributed by atoms with Crippen molar-refractivity contribution in [3.05, 3.63) is 60.3 Å². The first-order chi connectivity index (χ1) is 15.5. The first-order valence-electron chi connectivity index (χ1n) is 11.5. The summed E-state index contributed by atoms with van der Waals surface area (Å²) in [6.45, 7) is 4.78. The minimum absolute atomic E-state index is 0.102. The second kappa shape index (κ2) is 8.01. The summed E-state index contributed by atoms with van der Waals surface area (Å²) in [5.74, 6) is 0.475. The molecule has 0 spiro atoms. The largest absolute Gasteiger partial charge is 0.494 e. The number of hydrogen-bond acceptors (Lipinski definition) is 3. The van der Waals surface area contributed by atoms with Crippen LogP contribution >= 0.6 is 0 Å². The second-order valence-corrected chi connectivity index (χ2v) is 8.97. The molecule has 0 bridgehead atoms. The van der Waals surface area contributed by atoms with Gasteiger partial charge in [-0.3, -0.25) is 14.5 Å². The molecule has 1 saturated carbocycles. The van der Waals surface area contributed by atoms with Crippen LogP contribution in [0.5, 0.6) is 5.75 Å². The van der Waals surface area contributed by atoms with Gasteiger partial charge in [-0.05, 0) is 63.1 Å². The van der Waals surface area contributed by atoms with Crippen LogP contribution in [0.3, 0.4) is 0 Å². The Morgan fingerprint density at radius 1 is 1.12 bits per heavy atom. The molecular formula is C26H29N3O3. The molecule has 32 heavy (non-hydrogen) atoms. The van der Waals surface area contributed by atoms with Gasteiger partial charge in [0, 0.05) is 22.6 Å². The molecule has 1 aliphatic carbocycles. The SMILES string of the molecule is CCOc1ccc(N2C(=O)c3cc4ccccc4n3CC2(C)C(=O)NC2CCCC2)cc1. The van der Waals surface area contributed by atoms with Crippen LogP contribution in [-0.4, -0.2) is 34.6 Å². The monoisotopic (exact) mass is 431 g/mol. The van der Waals surface area contributed by atoms with E-state index in [9.17, 15) is 9.59 Å². The van der Waals surface area contributed by atoms with Crippen molar-refractivity contribution in [1.82, 2.24) is 9.88 Å². The number of para-hydroxylation sites is 1. The molecular weight excluding hydrogens is 402 g/mol. The van der Waals surface area contributed by atoms with E-state index < -0.39 is 5.54 Å². The molecule has 1 aliphatic heterocycles. The quantitative estimate of drug-likeness (QED) is 0.646. The third-order valence-electron chi connectivity index (χ3n) is 6.78. The van der Waals surface area contributed by atoms with Crippen molar-refractivity contribution in [2.75, 3.05) is 11.5 Å². The van der Waals surface area contributed by atoms with Gasteiger partial charge in [-0.2, -0.15) is 0 Å². The van der Waals surface area contributed by atoms with E-state index in [1.54, 1.807) is 4.90 Å². The highest BCUT2D eigenvalue weighted by atomic mass is 16.5. The highest BCUT2D eigenvalue weighted by Crippen LogP contribution is 2.36. The van der Waals surface area contributed by atoms with Crippen molar-refractivity contribution < 1.29 is 14.3 Å². The third-order valence-corrected chi connectivity index (χ3v) is 6.78. The summed E-state index contributed by atoms with van der Waals surface area (Å²) in [5, 5.41) is 4.24. The maximum atomic E-state index is 13.8. The highest BCUT2D eigenvalue weighted by molar-refractivity contribution is 6.14. The topological polar surface area (TPSA) is 63.6 Å². The van der Waals surface area contributed by atoms with Gasteiger partial charge in [-0.1, -0.05) is 31.0 Å². The lowest BCUT2D eigenvalue weighted by Gasteiger charge is -2.44. The molecule has 1 fully saturated rings. The van der Waals surface area contributed by atoms with E-state index in [2.05, 4.69) is 5.32 Å². The first-order valence-corrected chi connectivity index (χ1v) is 11.5. The fraction of sp³-hybridized carbons (Fsp3) is 0.385. The standard InChI is InChI=1S/C26H29N3O3/c1-3-32-21-14-12-20(13-15-21)29-24(30)23-16-18-8-4-7-11-22(18)28(23)17-26(29,2)25(31)27-19-9-5-6-10-19/h4,7-8,11-16,19H,3,5-6,9-10,17H2,1-2H3,(H,27,31). The predicted molar refractivity (Wildman–Crippen MR) is 125 cm³/mol. The van der Waals surface area contributed by atoms with Gasteiger partial charge in [-0.15, -0.1) is 0 Å². The highest BCUT2D eigenvalue weighted by Gasteiger charge is 2.49. The number of benzene rings is 2. The van der Waals surface area contributed by atoms with E-state index in [1.807, 2.05) is 73.0 Å². The number of fused-ring (bicyclic) bond motifs is 3. The summed E-state index contributed by atoms with van der Waals surface area (Å²) in [6.07, 6.45) is 4.26. The average molecular weight is 432 g/mol. The second-order valence-electron chi connectivity index (χ2n) is 8.97. The molecule has 2 aliphatic rings. The Kier molecular flexibility index (Phi) is 5.16. The van der Waals surface area contributed by atoms with Crippen LogP contribution in [0, 0.1) is 0 Å².